The van der Waals surface area contributed by atoms with Crippen molar-refractivity contribution in [3.8, 4) is 6.01 Å². The van der Waals surface area contributed by atoms with E-state index in [4.69, 9.17) is 0 Å². The van der Waals surface area contributed by atoms with Gasteiger partial charge in [0.25, 0.3) is 0 Å². The second-order valence-corrected chi connectivity index (χ2v) is 3.14. The van der Waals surface area contributed by atoms with Gasteiger partial charge in [-0.2, -0.15) is 4.98 Å². The number of aromatic nitrogens is 2. The lowest BCUT2D eigenvalue weighted by Crippen LogP contribution is -2.06. The number of carbonyl (C=O) groups is 1. The van der Waals surface area contributed by atoms with Crippen molar-refractivity contribution in [3.63, 3.8) is 0 Å². The van der Waals surface area contributed by atoms with Gasteiger partial charge in [-0.25, -0.2) is 9.78 Å². The molecule has 0 unspecified atom stereocenters. The Labute approximate surface area is 88.1 Å². The molecule has 0 aliphatic heterocycles. The zero-order valence-electron chi connectivity index (χ0n) is 8.86. The zero-order valence-corrected chi connectivity index (χ0v) is 8.86. The van der Waals surface area contributed by atoms with E-state index in [0.29, 0.717) is 5.69 Å². The third kappa shape index (κ3) is 3.19. The average molecular weight is 210 g/mol. The molecule has 0 saturated heterocycles. The van der Waals surface area contributed by atoms with E-state index in [1.54, 1.807) is 6.07 Å². The molecule has 0 fully saturated rings. The number of hydrogen-bond acceptors (Lipinski definition) is 5. The Morgan fingerprint density at radius 2 is 2.27 bits per heavy atom. The molecule has 0 aromatic carbocycles. The van der Waals surface area contributed by atoms with Crippen molar-refractivity contribution in [2.75, 3.05) is 7.11 Å². The number of hydrogen-bond donors (Lipinski definition) is 1. The maximum atomic E-state index is 11.2. The van der Waals surface area contributed by atoms with E-state index < -0.39 is 5.97 Å². The minimum atomic E-state index is -0.564. The normalized spacial score (nSPS) is 10.0. The van der Waals surface area contributed by atoms with Crippen LogP contribution in [0.5, 0.6) is 6.01 Å². The van der Waals surface area contributed by atoms with Gasteiger partial charge in [-0.1, -0.05) is 13.3 Å². The maximum absolute atomic E-state index is 11.2. The molecule has 0 aliphatic carbocycles. The zero-order chi connectivity index (χ0) is 11.3. The van der Waals surface area contributed by atoms with Gasteiger partial charge in [0, 0.05) is 5.69 Å². The molecule has 15 heavy (non-hydrogen) atoms. The summed E-state index contributed by atoms with van der Waals surface area (Å²) < 4.78 is 4.51. The molecule has 0 aliphatic rings. The van der Waals surface area contributed by atoms with Gasteiger partial charge in [-0.05, 0) is 18.9 Å². The third-order valence-corrected chi connectivity index (χ3v) is 1.95. The fraction of sp³-hybridized carbons (Fsp3) is 0.500. The number of rotatable bonds is 4. The summed E-state index contributed by atoms with van der Waals surface area (Å²) in [6.07, 6.45) is 2.70. The molecule has 0 saturated carbocycles. The van der Waals surface area contributed by atoms with E-state index in [1.807, 2.05) is 0 Å². The highest BCUT2D eigenvalue weighted by Gasteiger charge is 2.11. The van der Waals surface area contributed by atoms with Crippen molar-refractivity contribution in [1.82, 2.24) is 9.97 Å². The molecule has 1 N–H and O–H groups in total. The molecule has 0 spiro atoms. The van der Waals surface area contributed by atoms with Crippen molar-refractivity contribution < 1.29 is 14.6 Å². The second kappa shape index (κ2) is 5.29. The Bertz CT molecular complexity index is 353. The van der Waals surface area contributed by atoms with E-state index in [1.165, 1.54) is 7.11 Å². The van der Waals surface area contributed by atoms with E-state index >= 15 is 0 Å². The lowest BCUT2D eigenvalue weighted by atomic mass is 10.2. The SMILES string of the molecule is CCCCc1cc(C(=O)OC)nc(O)n1. The Morgan fingerprint density at radius 3 is 2.87 bits per heavy atom. The Morgan fingerprint density at radius 1 is 1.53 bits per heavy atom. The summed E-state index contributed by atoms with van der Waals surface area (Å²) in [6.45, 7) is 2.06. The molecule has 1 heterocycles. The molecule has 1 aromatic rings. The first-order valence-corrected chi connectivity index (χ1v) is 4.82. The minimum Gasteiger partial charge on any atom is -0.479 e. The predicted molar refractivity (Wildman–Crippen MR) is 53.6 cm³/mol. The van der Waals surface area contributed by atoms with E-state index in [0.717, 1.165) is 19.3 Å². The lowest BCUT2D eigenvalue weighted by Gasteiger charge is -2.02. The van der Waals surface area contributed by atoms with Crippen LogP contribution in [0.1, 0.15) is 35.9 Å². The first kappa shape index (κ1) is 11.4. The highest BCUT2D eigenvalue weighted by atomic mass is 16.5. The van der Waals surface area contributed by atoms with Crippen LogP contribution in [0, 0.1) is 0 Å². The Balaban J connectivity index is 2.89. The number of esters is 1. The summed E-state index contributed by atoms with van der Waals surface area (Å²) in [5.41, 5.74) is 0.751. The Hall–Kier alpha value is -1.65. The molecule has 5 heteroatoms. The fourth-order valence-corrected chi connectivity index (χ4v) is 1.18. The van der Waals surface area contributed by atoms with Gasteiger partial charge >= 0.3 is 12.0 Å². The predicted octanol–water partition coefficient (Wildman–Crippen LogP) is 1.31. The van der Waals surface area contributed by atoms with Crippen molar-refractivity contribution in [3.05, 3.63) is 17.5 Å². The van der Waals surface area contributed by atoms with Crippen LogP contribution in [0.15, 0.2) is 6.07 Å². The molecule has 5 nitrogen and oxygen atoms in total. The lowest BCUT2D eigenvalue weighted by molar-refractivity contribution is 0.0592. The number of carbonyl (C=O) groups excluding carboxylic acids is 1. The summed E-state index contributed by atoms with van der Waals surface area (Å²) in [5.74, 6) is -0.564. The van der Waals surface area contributed by atoms with Crippen LogP contribution < -0.4 is 0 Å². The van der Waals surface area contributed by atoms with Crippen molar-refractivity contribution in [2.24, 2.45) is 0 Å². The minimum absolute atomic E-state index is 0.0936. The maximum Gasteiger partial charge on any atom is 0.356 e. The highest BCUT2D eigenvalue weighted by molar-refractivity contribution is 5.87. The van der Waals surface area contributed by atoms with E-state index in [-0.39, 0.29) is 11.7 Å². The molecule has 0 amide bonds. The molecule has 1 aromatic heterocycles. The summed E-state index contributed by atoms with van der Waals surface area (Å²) >= 11 is 0. The monoisotopic (exact) mass is 210 g/mol. The van der Waals surface area contributed by atoms with E-state index in [2.05, 4.69) is 21.6 Å². The summed E-state index contributed by atoms with van der Waals surface area (Å²) in [4.78, 5) is 18.6. The molecule has 0 bridgehead atoms. The number of methoxy groups -OCH3 is 1. The van der Waals surface area contributed by atoms with Gasteiger partial charge in [0.1, 0.15) is 0 Å². The van der Waals surface area contributed by atoms with Crippen LogP contribution >= 0.6 is 0 Å². The van der Waals surface area contributed by atoms with Gasteiger partial charge in [0.15, 0.2) is 5.69 Å². The smallest absolute Gasteiger partial charge is 0.356 e. The number of aryl methyl sites for hydroxylation is 1. The summed E-state index contributed by atoms with van der Waals surface area (Å²) in [7, 11) is 1.27. The largest absolute Gasteiger partial charge is 0.479 e. The molecular weight excluding hydrogens is 196 g/mol. The molecule has 1 rings (SSSR count). The van der Waals surface area contributed by atoms with Crippen LogP contribution in [0.3, 0.4) is 0 Å². The van der Waals surface area contributed by atoms with Gasteiger partial charge in [0.2, 0.25) is 0 Å². The van der Waals surface area contributed by atoms with Crippen LogP contribution in [-0.4, -0.2) is 28.2 Å². The van der Waals surface area contributed by atoms with Gasteiger partial charge < -0.3 is 9.84 Å². The number of ether oxygens (including phenoxy) is 1. The highest BCUT2D eigenvalue weighted by Crippen LogP contribution is 2.09. The molecule has 82 valence electrons. The average Bonchev–Trinajstić information content (AvgIpc) is 2.24. The number of nitrogens with zero attached hydrogens (tertiary/aromatic N) is 2. The molecule has 0 radical (unpaired) electrons. The molecular formula is C10H14N2O3. The quantitative estimate of drug-likeness (QED) is 0.758. The topological polar surface area (TPSA) is 72.3 Å². The first-order chi connectivity index (χ1) is 7.17. The van der Waals surface area contributed by atoms with E-state index in [9.17, 15) is 9.90 Å². The number of aromatic hydroxyl groups is 1. The fourth-order valence-electron chi connectivity index (χ4n) is 1.18. The third-order valence-electron chi connectivity index (χ3n) is 1.95. The van der Waals surface area contributed by atoms with Crippen molar-refractivity contribution >= 4 is 5.97 Å². The summed E-state index contributed by atoms with van der Waals surface area (Å²) in [5, 5.41) is 9.21. The molecule has 0 atom stereocenters. The number of unbranched alkanes of at least 4 members (excludes halogenated alkanes) is 1. The van der Waals surface area contributed by atoms with Crippen LogP contribution in [0.4, 0.5) is 0 Å². The van der Waals surface area contributed by atoms with Crippen LogP contribution in [0.25, 0.3) is 0 Å². The van der Waals surface area contributed by atoms with Gasteiger partial charge in [-0.3, -0.25) is 0 Å². The first-order valence-electron chi connectivity index (χ1n) is 4.82. The van der Waals surface area contributed by atoms with Crippen molar-refractivity contribution in [2.45, 2.75) is 26.2 Å². The van der Waals surface area contributed by atoms with Gasteiger partial charge in [-0.15, -0.1) is 0 Å². The standard InChI is InChI=1S/C10H14N2O3/c1-3-4-5-7-6-8(9(13)15-2)12-10(14)11-7/h6H,3-5H2,1-2H3,(H,11,12,14). The summed E-state index contributed by atoms with van der Waals surface area (Å²) in [6, 6.07) is 1.16. The van der Waals surface area contributed by atoms with Gasteiger partial charge in [0.05, 0.1) is 7.11 Å². The Kier molecular flexibility index (Phi) is 4.03. The van der Waals surface area contributed by atoms with Crippen molar-refractivity contribution in [1.29, 1.82) is 0 Å². The van der Waals surface area contributed by atoms with Crippen LogP contribution in [0.2, 0.25) is 0 Å². The van der Waals surface area contributed by atoms with Crippen LogP contribution in [-0.2, 0) is 11.2 Å². The second-order valence-electron chi connectivity index (χ2n) is 3.14.